The molecule has 1 aliphatic rings. The highest BCUT2D eigenvalue weighted by molar-refractivity contribution is 5.95. The predicted molar refractivity (Wildman–Crippen MR) is 69.0 cm³/mol. The van der Waals surface area contributed by atoms with E-state index in [-0.39, 0.29) is 11.8 Å². The van der Waals surface area contributed by atoms with Crippen LogP contribution in [0.25, 0.3) is 0 Å². The number of aliphatic carboxylic acids is 1. The fourth-order valence-electron chi connectivity index (χ4n) is 2.39. The van der Waals surface area contributed by atoms with Gasteiger partial charge < -0.3 is 10.0 Å². The van der Waals surface area contributed by atoms with E-state index in [0.29, 0.717) is 18.7 Å². The van der Waals surface area contributed by atoms with Crippen LogP contribution in [0.3, 0.4) is 0 Å². The minimum Gasteiger partial charge on any atom is -0.480 e. The Bertz CT molecular complexity index is 507. The van der Waals surface area contributed by atoms with Gasteiger partial charge in [0.25, 0.3) is 5.91 Å². The first kappa shape index (κ1) is 13.6. The summed E-state index contributed by atoms with van der Waals surface area (Å²) in [6.45, 7) is 4.51. The van der Waals surface area contributed by atoms with E-state index in [4.69, 9.17) is 5.11 Å². The first-order valence-corrected chi connectivity index (χ1v) is 6.49. The highest BCUT2D eigenvalue weighted by Gasteiger charge is 2.35. The number of likely N-dealkylation sites (tertiary alicyclic amines) is 1. The number of aryl methyl sites for hydroxylation is 1. The van der Waals surface area contributed by atoms with E-state index in [9.17, 15) is 9.59 Å². The van der Waals surface area contributed by atoms with Crippen molar-refractivity contribution in [3.63, 3.8) is 0 Å². The average molecular weight is 265 g/mol. The minimum absolute atomic E-state index is 0.238. The number of amides is 1. The molecule has 2 rings (SSSR count). The van der Waals surface area contributed by atoms with Crippen molar-refractivity contribution in [2.45, 2.75) is 38.6 Å². The van der Waals surface area contributed by atoms with Crippen LogP contribution in [-0.2, 0) is 11.8 Å². The summed E-state index contributed by atoms with van der Waals surface area (Å²) in [5.41, 5.74) is 1.30. The maximum absolute atomic E-state index is 12.4. The number of rotatable bonds is 3. The van der Waals surface area contributed by atoms with Crippen molar-refractivity contribution >= 4 is 11.9 Å². The van der Waals surface area contributed by atoms with Crippen molar-refractivity contribution in [2.75, 3.05) is 6.54 Å². The van der Waals surface area contributed by atoms with Crippen molar-refractivity contribution < 1.29 is 14.7 Å². The standard InChI is InChI=1S/C13H19N3O3/c1-8(2)9-7-11(15(3)14-9)12(17)16-6-4-5-10(16)13(18)19/h7-8,10H,4-6H2,1-3H3,(H,18,19)/t10-/m0/s1. The van der Waals surface area contributed by atoms with E-state index in [1.54, 1.807) is 13.1 Å². The zero-order valence-corrected chi connectivity index (χ0v) is 11.5. The molecule has 19 heavy (non-hydrogen) atoms. The molecule has 6 heteroatoms. The van der Waals surface area contributed by atoms with Crippen LogP contribution >= 0.6 is 0 Å². The van der Waals surface area contributed by atoms with Gasteiger partial charge in [-0.05, 0) is 24.8 Å². The molecule has 1 atom stereocenters. The van der Waals surface area contributed by atoms with Gasteiger partial charge in [0.05, 0.1) is 5.69 Å². The molecule has 0 aromatic carbocycles. The number of carboxylic acid groups (broad SMARTS) is 1. The molecular formula is C13H19N3O3. The Morgan fingerprint density at radius 1 is 1.47 bits per heavy atom. The summed E-state index contributed by atoms with van der Waals surface area (Å²) in [4.78, 5) is 25.0. The number of nitrogens with zero attached hydrogens (tertiary/aromatic N) is 3. The summed E-state index contributed by atoms with van der Waals surface area (Å²) in [7, 11) is 1.71. The molecule has 104 valence electrons. The number of carbonyl (C=O) groups excluding carboxylic acids is 1. The fourth-order valence-corrected chi connectivity index (χ4v) is 2.39. The molecule has 1 fully saturated rings. The van der Waals surface area contributed by atoms with E-state index in [2.05, 4.69) is 5.10 Å². The van der Waals surface area contributed by atoms with Gasteiger partial charge in [-0.25, -0.2) is 4.79 Å². The molecular weight excluding hydrogens is 246 g/mol. The molecule has 0 bridgehead atoms. The average Bonchev–Trinajstić information content (AvgIpc) is 2.93. The fraction of sp³-hybridized carbons (Fsp3) is 0.615. The Balaban J connectivity index is 2.26. The Labute approximate surface area is 112 Å². The van der Waals surface area contributed by atoms with Gasteiger partial charge in [0.15, 0.2) is 0 Å². The maximum atomic E-state index is 12.4. The largest absolute Gasteiger partial charge is 0.480 e. The Hall–Kier alpha value is -1.85. The van der Waals surface area contributed by atoms with E-state index >= 15 is 0 Å². The summed E-state index contributed by atoms with van der Waals surface area (Å²) in [6, 6.07) is 1.05. The van der Waals surface area contributed by atoms with Gasteiger partial charge in [0.1, 0.15) is 11.7 Å². The summed E-state index contributed by atoms with van der Waals surface area (Å²) < 4.78 is 1.54. The van der Waals surface area contributed by atoms with E-state index in [1.807, 2.05) is 13.8 Å². The summed E-state index contributed by atoms with van der Waals surface area (Å²) in [6.07, 6.45) is 1.26. The van der Waals surface area contributed by atoms with E-state index in [0.717, 1.165) is 12.1 Å². The van der Waals surface area contributed by atoms with E-state index < -0.39 is 12.0 Å². The lowest BCUT2D eigenvalue weighted by atomic mass is 10.1. The molecule has 1 amide bonds. The third-order valence-electron chi connectivity index (χ3n) is 3.51. The second-order valence-electron chi connectivity index (χ2n) is 5.23. The molecule has 1 N–H and O–H groups in total. The third kappa shape index (κ3) is 2.47. The molecule has 0 unspecified atom stereocenters. The van der Waals surface area contributed by atoms with Crippen molar-refractivity contribution in [2.24, 2.45) is 7.05 Å². The van der Waals surface area contributed by atoms with Crippen LogP contribution in [0.4, 0.5) is 0 Å². The second kappa shape index (κ2) is 5.03. The molecule has 0 saturated carbocycles. The highest BCUT2D eigenvalue weighted by Crippen LogP contribution is 2.22. The van der Waals surface area contributed by atoms with Gasteiger partial charge in [-0.2, -0.15) is 5.10 Å². The molecule has 2 heterocycles. The van der Waals surface area contributed by atoms with Gasteiger partial charge in [0, 0.05) is 13.6 Å². The summed E-state index contributed by atoms with van der Waals surface area (Å²) in [5, 5.41) is 13.4. The predicted octanol–water partition coefficient (Wildman–Crippen LogP) is 1.23. The SMILES string of the molecule is CC(C)c1cc(C(=O)N2CCC[C@H]2C(=O)O)n(C)n1. The van der Waals surface area contributed by atoms with Crippen LogP contribution < -0.4 is 0 Å². The van der Waals surface area contributed by atoms with E-state index in [1.165, 1.54) is 9.58 Å². The normalized spacial score (nSPS) is 19.2. The minimum atomic E-state index is -0.933. The molecule has 1 aromatic heterocycles. The van der Waals surface area contributed by atoms with Crippen molar-refractivity contribution in [1.29, 1.82) is 0 Å². The Kier molecular flexibility index (Phi) is 3.59. The van der Waals surface area contributed by atoms with Crippen LogP contribution in [0, 0.1) is 0 Å². The van der Waals surface area contributed by atoms with Crippen LogP contribution in [0.1, 0.15) is 48.8 Å². The molecule has 6 nitrogen and oxygen atoms in total. The molecule has 0 spiro atoms. The topological polar surface area (TPSA) is 75.4 Å². The van der Waals surface area contributed by atoms with Gasteiger partial charge in [-0.15, -0.1) is 0 Å². The van der Waals surface area contributed by atoms with Crippen molar-refractivity contribution in [3.8, 4) is 0 Å². The lowest BCUT2D eigenvalue weighted by Crippen LogP contribution is -2.41. The maximum Gasteiger partial charge on any atom is 0.326 e. The van der Waals surface area contributed by atoms with Gasteiger partial charge in [-0.3, -0.25) is 9.48 Å². The first-order chi connectivity index (χ1) is 8.91. The highest BCUT2D eigenvalue weighted by atomic mass is 16.4. The smallest absolute Gasteiger partial charge is 0.326 e. The van der Waals surface area contributed by atoms with Crippen molar-refractivity contribution in [3.05, 3.63) is 17.5 Å². The lowest BCUT2D eigenvalue weighted by Gasteiger charge is -2.21. The Morgan fingerprint density at radius 2 is 2.16 bits per heavy atom. The number of carbonyl (C=O) groups is 2. The van der Waals surface area contributed by atoms with Gasteiger partial charge in [-0.1, -0.05) is 13.8 Å². The van der Waals surface area contributed by atoms with Crippen molar-refractivity contribution in [1.82, 2.24) is 14.7 Å². The number of hydrogen-bond acceptors (Lipinski definition) is 3. The molecule has 1 aliphatic heterocycles. The monoisotopic (exact) mass is 265 g/mol. The molecule has 0 radical (unpaired) electrons. The van der Waals surface area contributed by atoms with Gasteiger partial charge >= 0.3 is 5.97 Å². The zero-order valence-electron chi connectivity index (χ0n) is 11.5. The summed E-state index contributed by atoms with van der Waals surface area (Å²) in [5.74, 6) is -0.939. The number of carboxylic acids is 1. The Morgan fingerprint density at radius 3 is 2.68 bits per heavy atom. The lowest BCUT2D eigenvalue weighted by molar-refractivity contribution is -0.141. The van der Waals surface area contributed by atoms with Gasteiger partial charge in [0.2, 0.25) is 0 Å². The molecule has 1 aromatic rings. The third-order valence-corrected chi connectivity index (χ3v) is 3.51. The molecule has 1 saturated heterocycles. The van der Waals surface area contributed by atoms with Crippen LogP contribution in [0.15, 0.2) is 6.07 Å². The van der Waals surface area contributed by atoms with Crippen LogP contribution in [-0.4, -0.2) is 44.3 Å². The second-order valence-corrected chi connectivity index (χ2v) is 5.23. The quantitative estimate of drug-likeness (QED) is 0.892. The summed E-state index contributed by atoms with van der Waals surface area (Å²) >= 11 is 0. The number of aromatic nitrogens is 2. The van der Waals surface area contributed by atoms with Crippen LogP contribution in [0.2, 0.25) is 0 Å². The molecule has 0 aliphatic carbocycles. The number of hydrogen-bond donors (Lipinski definition) is 1. The zero-order chi connectivity index (χ0) is 14.2. The van der Waals surface area contributed by atoms with Crippen LogP contribution in [0.5, 0.6) is 0 Å². The first-order valence-electron chi connectivity index (χ1n) is 6.49.